The van der Waals surface area contributed by atoms with Gasteiger partial charge >= 0.3 is 0 Å². The smallest absolute Gasteiger partial charge is 0.285 e. The first kappa shape index (κ1) is 12.4. The minimum absolute atomic E-state index is 0.171. The van der Waals surface area contributed by atoms with E-state index in [0.29, 0.717) is 11.7 Å². The zero-order valence-electron chi connectivity index (χ0n) is 8.71. The van der Waals surface area contributed by atoms with Gasteiger partial charge in [0.25, 0.3) is 5.56 Å². The van der Waals surface area contributed by atoms with Gasteiger partial charge in [0, 0.05) is 11.8 Å². The number of hydrogen-bond acceptors (Lipinski definition) is 4. The summed E-state index contributed by atoms with van der Waals surface area (Å²) in [5.74, 6) is 0.972. The number of hydrogen-bond donors (Lipinski definition) is 2. The van der Waals surface area contributed by atoms with Gasteiger partial charge in [0.1, 0.15) is 5.02 Å². The highest BCUT2D eigenvalue weighted by molar-refractivity contribution is 7.98. The average molecular weight is 248 g/mol. The molecule has 2 N–H and O–H groups in total. The lowest BCUT2D eigenvalue weighted by Crippen LogP contribution is -2.23. The first-order valence-corrected chi connectivity index (χ1v) is 6.44. The maximum atomic E-state index is 11.2. The number of aromatic amines is 1. The molecule has 6 heteroatoms. The fourth-order valence-electron chi connectivity index (χ4n) is 1.17. The molecule has 0 aliphatic rings. The van der Waals surface area contributed by atoms with Crippen molar-refractivity contribution in [3.05, 3.63) is 21.6 Å². The van der Waals surface area contributed by atoms with Gasteiger partial charge in [-0.3, -0.25) is 4.79 Å². The van der Waals surface area contributed by atoms with Gasteiger partial charge in [-0.25, -0.2) is 5.10 Å². The van der Waals surface area contributed by atoms with Crippen molar-refractivity contribution in [2.45, 2.75) is 19.4 Å². The highest BCUT2D eigenvalue weighted by atomic mass is 35.5. The number of anilines is 1. The maximum Gasteiger partial charge on any atom is 0.285 e. The van der Waals surface area contributed by atoms with E-state index in [-0.39, 0.29) is 10.6 Å². The summed E-state index contributed by atoms with van der Waals surface area (Å²) < 4.78 is 0. The molecule has 0 saturated heterocycles. The first-order chi connectivity index (χ1) is 7.19. The summed E-state index contributed by atoms with van der Waals surface area (Å²) in [4.78, 5) is 11.2. The molecule has 0 spiro atoms. The lowest BCUT2D eigenvalue weighted by atomic mass is 10.2. The third-order valence-corrected chi connectivity index (χ3v) is 3.13. The van der Waals surface area contributed by atoms with E-state index >= 15 is 0 Å². The number of aromatic nitrogens is 2. The van der Waals surface area contributed by atoms with Crippen molar-refractivity contribution >= 4 is 29.1 Å². The molecule has 0 aliphatic carbocycles. The zero-order valence-corrected chi connectivity index (χ0v) is 10.3. The number of halogens is 1. The zero-order chi connectivity index (χ0) is 11.3. The molecule has 1 unspecified atom stereocenters. The second-order valence-electron chi connectivity index (χ2n) is 3.13. The van der Waals surface area contributed by atoms with Crippen molar-refractivity contribution in [1.29, 1.82) is 0 Å². The van der Waals surface area contributed by atoms with Crippen LogP contribution in [0.2, 0.25) is 5.02 Å². The van der Waals surface area contributed by atoms with Crippen LogP contribution in [0.3, 0.4) is 0 Å². The standard InChI is InChI=1S/C9H14ClN3OS/c1-3-6(5-15-2)12-7-4-11-13-9(14)8(7)10/h4,6H,3,5H2,1-2H3,(H2,12,13,14). The molecular formula is C9H14ClN3OS. The van der Waals surface area contributed by atoms with Crippen LogP contribution >= 0.6 is 23.4 Å². The number of H-pyrrole nitrogens is 1. The number of rotatable bonds is 5. The summed E-state index contributed by atoms with van der Waals surface area (Å²) in [5, 5.41) is 9.36. The fraction of sp³-hybridized carbons (Fsp3) is 0.556. The number of nitrogens with zero attached hydrogens (tertiary/aromatic N) is 1. The van der Waals surface area contributed by atoms with Crippen LogP contribution in [0.25, 0.3) is 0 Å². The predicted molar refractivity (Wildman–Crippen MR) is 66.0 cm³/mol. The van der Waals surface area contributed by atoms with Crippen LogP contribution in [0.1, 0.15) is 13.3 Å². The van der Waals surface area contributed by atoms with Gasteiger partial charge in [0.2, 0.25) is 0 Å². The van der Waals surface area contributed by atoms with Crippen LogP contribution in [-0.2, 0) is 0 Å². The number of nitrogens with one attached hydrogen (secondary N) is 2. The van der Waals surface area contributed by atoms with Gasteiger partial charge < -0.3 is 5.32 Å². The Balaban J connectivity index is 2.79. The molecule has 0 saturated carbocycles. The Bertz CT molecular complexity index is 369. The van der Waals surface area contributed by atoms with Crippen molar-refractivity contribution in [2.75, 3.05) is 17.3 Å². The second-order valence-corrected chi connectivity index (χ2v) is 4.42. The van der Waals surface area contributed by atoms with Gasteiger partial charge in [-0.2, -0.15) is 16.9 Å². The van der Waals surface area contributed by atoms with Crippen LogP contribution in [0.4, 0.5) is 5.69 Å². The molecule has 4 nitrogen and oxygen atoms in total. The lowest BCUT2D eigenvalue weighted by molar-refractivity contribution is 0.772. The third kappa shape index (κ3) is 3.43. The van der Waals surface area contributed by atoms with Crippen LogP contribution in [0.5, 0.6) is 0 Å². The summed E-state index contributed by atoms with van der Waals surface area (Å²) in [6.45, 7) is 2.09. The molecule has 0 fully saturated rings. The summed E-state index contributed by atoms with van der Waals surface area (Å²) in [6.07, 6.45) is 4.55. The van der Waals surface area contributed by atoms with E-state index in [1.807, 2.05) is 6.26 Å². The van der Waals surface area contributed by atoms with Crippen molar-refractivity contribution in [1.82, 2.24) is 10.2 Å². The minimum atomic E-state index is -0.360. The van der Waals surface area contributed by atoms with Crippen LogP contribution in [0.15, 0.2) is 11.0 Å². The van der Waals surface area contributed by atoms with Gasteiger partial charge in [0.15, 0.2) is 0 Å². The second kappa shape index (κ2) is 6.02. The molecule has 1 heterocycles. The van der Waals surface area contributed by atoms with Gasteiger partial charge in [-0.15, -0.1) is 0 Å². The Labute approximate surface area is 97.8 Å². The van der Waals surface area contributed by atoms with E-state index < -0.39 is 0 Å². The molecule has 1 rings (SSSR count). The molecule has 0 amide bonds. The maximum absolute atomic E-state index is 11.2. The number of thioether (sulfide) groups is 1. The van der Waals surface area contributed by atoms with E-state index in [9.17, 15) is 4.79 Å². The summed E-state index contributed by atoms with van der Waals surface area (Å²) in [6, 6.07) is 0.307. The third-order valence-electron chi connectivity index (χ3n) is 2.02. The average Bonchev–Trinajstić information content (AvgIpc) is 2.24. The van der Waals surface area contributed by atoms with Gasteiger partial charge in [-0.05, 0) is 12.7 Å². The topological polar surface area (TPSA) is 57.8 Å². The van der Waals surface area contributed by atoms with E-state index in [4.69, 9.17) is 11.6 Å². The molecule has 0 aliphatic heterocycles. The molecule has 1 aromatic heterocycles. The van der Waals surface area contributed by atoms with Crippen molar-refractivity contribution in [2.24, 2.45) is 0 Å². The first-order valence-electron chi connectivity index (χ1n) is 4.67. The Morgan fingerprint density at radius 1 is 1.73 bits per heavy atom. The van der Waals surface area contributed by atoms with E-state index in [1.54, 1.807) is 11.8 Å². The summed E-state index contributed by atoms with van der Waals surface area (Å²) >= 11 is 7.59. The normalized spacial score (nSPS) is 12.5. The molecule has 1 aromatic rings. The van der Waals surface area contributed by atoms with Crippen LogP contribution in [0, 0.1) is 0 Å². The van der Waals surface area contributed by atoms with Gasteiger partial charge in [0.05, 0.1) is 11.9 Å². The molecule has 1 atom stereocenters. The monoisotopic (exact) mass is 247 g/mol. The van der Waals surface area contributed by atoms with Crippen LogP contribution in [-0.4, -0.2) is 28.2 Å². The van der Waals surface area contributed by atoms with Crippen molar-refractivity contribution < 1.29 is 0 Å². The highest BCUT2D eigenvalue weighted by Crippen LogP contribution is 2.17. The summed E-state index contributed by atoms with van der Waals surface area (Å²) in [5.41, 5.74) is 0.238. The molecular weight excluding hydrogens is 234 g/mol. The fourth-order valence-corrected chi connectivity index (χ4v) is 2.03. The molecule has 15 heavy (non-hydrogen) atoms. The SMILES string of the molecule is CCC(CSC)Nc1cn[nH]c(=O)c1Cl. The Morgan fingerprint density at radius 2 is 2.47 bits per heavy atom. The Kier molecular flexibility index (Phi) is 4.98. The predicted octanol–water partition coefficient (Wildman–Crippen LogP) is 1.98. The van der Waals surface area contributed by atoms with Crippen molar-refractivity contribution in [3.63, 3.8) is 0 Å². The Morgan fingerprint density at radius 3 is 3.07 bits per heavy atom. The molecule has 84 valence electrons. The molecule has 0 aromatic carbocycles. The van der Waals surface area contributed by atoms with Crippen molar-refractivity contribution in [3.8, 4) is 0 Å². The quantitative estimate of drug-likeness (QED) is 0.836. The van der Waals surface area contributed by atoms with E-state index in [2.05, 4.69) is 22.4 Å². The largest absolute Gasteiger partial charge is 0.379 e. The van der Waals surface area contributed by atoms with Crippen LogP contribution < -0.4 is 10.9 Å². The minimum Gasteiger partial charge on any atom is -0.379 e. The van der Waals surface area contributed by atoms with E-state index in [1.165, 1.54) is 6.20 Å². The molecule has 0 bridgehead atoms. The Hall–Kier alpha value is -0.680. The van der Waals surface area contributed by atoms with Gasteiger partial charge in [-0.1, -0.05) is 18.5 Å². The molecule has 0 radical (unpaired) electrons. The van der Waals surface area contributed by atoms with E-state index in [0.717, 1.165) is 12.2 Å². The lowest BCUT2D eigenvalue weighted by Gasteiger charge is -2.17. The highest BCUT2D eigenvalue weighted by Gasteiger charge is 2.09. The summed E-state index contributed by atoms with van der Waals surface area (Å²) in [7, 11) is 0.